The van der Waals surface area contributed by atoms with Gasteiger partial charge in [-0.1, -0.05) is 97.1 Å². The van der Waals surface area contributed by atoms with E-state index in [-0.39, 0.29) is 0 Å². The number of hydrogen-bond donors (Lipinski definition) is 0. The fourth-order valence-corrected chi connectivity index (χ4v) is 9.62. The molecule has 0 aliphatic heterocycles. The largest absolute Gasteiger partial charge is 0.311 e. The van der Waals surface area contributed by atoms with Crippen LogP contribution in [0.2, 0.25) is 0 Å². The smallest absolute Gasteiger partial charge is 0.0636 e. The van der Waals surface area contributed by atoms with Gasteiger partial charge in [0.2, 0.25) is 0 Å². The van der Waals surface area contributed by atoms with E-state index in [1.807, 2.05) is 34.0 Å². The van der Waals surface area contributed by atoms with Gasteiger partial charge in [-0.25, -0.2) is 0 Å². The van der Waals surface area contributed by atoms with Crippen molar-refractivity contribution in [3.63, 3.8) is 0 Å². The Hall–Kier alpha value is -4.48. The lowest BCUT2D eigenvalue weighted by Crippen LogP contribution is -2.09. The molecule has 8 rings (SSSR count). The minimum atomic E-state index is 1.13. The summed E-state index contributed by atoms with van der Waals surface area (Å²) in [6, 6.07) is 52.6. The molecule has 0 unspecified atom stereocenters. The zero-order chi connectivity index (χ0) is 28.8. The summed E-state index contributed by atoms with van der Waals surface area (Å²) in [6.07, 6.45) is 0. The van der Waals surface area contributed by atoms with Gasteiger partial charge in [0.05, 0.1) is 9.40 Å². The van der Waals surface area contributed by atoms with Crippen molar-refractivity contribution in [3.05, 3.63) is 150 Å². The summed E-state index contributed by atoms with van der Waals surface area (Å²) in [4.78, 5) is 5.06. The Morgan fingerprint density at radius 3 is 1.33 bits per heavy atom. The van der Waals surface area contributed by atoms with E-state index in [1.54, 1.807) is 0 Å². The van der Waals surface area contributed by atoms with Gasteiger partial charge in [-0.05, 0) is 83.3 Å². The lowest BCUT2D eigenvalue weighted by Gasteiger charge is -2.26. The zero-order valence-corrected chi connectivity index (χ0v) is 26.0. The van der Waals surface area contributed by atoms with E-state index in [0.717, 1.165) is 17.1 Å². The van der Waals surface area contributed by atoms with Crippen LogP contribution in [-0.2, 0) is 0 Å². The molecule has 0 amide bonds. The van der Waals surface area contributed by atoms with Crippen molar-refractivity contribution in [2.24, 2.45) is 0 Å². The highest BCUT2D eigenvalue weighted by Gasteiger charge is 2.16. The highest BCUT2D eigenvalue weighted by atomic mass is 32.1. The lowest BCUT2D eigenvalue weighted by molar-refractivity contribution is 1.28. The topological polar surface area (TPSA) is 3.24 Å². The van der Waals surface area contributed by atoms with E-state index in [0.29, 0.717) is 0 Å². The van der Waals surface area contributed by atoms with Crippen LogP contribution in [0.3, 0.4) is 0 Å². The molecule has 0 N–H and O–H groups in total. The van der Waals surface area contributed by atoms with Crippen molar-refractivity contribution in [1.29, 1.82) is 0 Å². The molecule has 206 valence electrons. The van der Waals surface area contributed by atoms with Crippen LogP contribution in [0.1, 0.15) is 4.88 Å². The first kappa shape index (κ1) is 26.2. The average molecular weight is 606 g/mol. The van der Waals surface area contributed by atoms with Gasteiger partial charge < -0.3 is 4.90 Å². The van der Waals surface area contributed by atoms with Gasteiger partial charge in [0, 0.05) is 36.2 Å². The van der Waals surface area contributed by atoms with Crippen molar-refractivity contribution in [2.75, 3.05) is 4.90 Å². The number of nitrogens with zero attached hydrogens (tertiary/aromatic N) is 1. The van der Waals surface area contributed by atoms with Crippen LogP contribution >= 0.6 is 34.0 Å². The van der Waals surface area contributed by atoms with E-state index < -0.39 is 0 Å². The number of anilines is 3. The second kappa shape index (κ2) is 11.0. The summed E-state index contributed by atoms with van der Waals surface area (Å²) < 4.78 is 5.67. The number of thiophene rings is 3. The number of benzene rings is 5. The van der Waals surface area contributed by atoms with Crippen LogP contribution in [0.5, 0.6) is 0 Å². The van der Waals surface area contributed by atoms with Crippen LogP contribution in [-0.4, -0.2) is 0 Å². The third-order valence-corrected chi connectivity index (χ3v) is 11.6. The maximum Gasteiger partial charge on any atom is 0.0636 e. The number of aryl methyl sites for hydroxylation is 1. The second-order valence-corrected chi connectivity index (χ2v) is 14.1. The van der Waals surface area contributed by atoms with Crippen LogP contribution < -0.4 is 4.90 Å². The highest BCUT2D eigenvalue weighted by molar-refractivity contribution is 7.39. The molecule has 0 atom stereocenters. The first-order valence-electron chi connectivity index (χ1n) is 14.3. The Labute approximate surface area is 263 Å². The molecule has 0 spiro atoms. The number of rotatable bonds is 6. The van der Waals surface area contributed by atoms with E-state index in [2.05, 4.69) is 157 Å². The molecule has 0 aliphatic carbocycles. The predicted octanol–water partition coefficient (Wildman–Crippen LogP) is 13.0. The molecule has 3 heterocycles. The molecule has 1 nitrogen and oxygen atoms in total. The Balaban J connectivity index is 1.16. The van der Waals surface area contributed by atoms with Gasteiger partial charge in [-0.2, -0.15) is 0 Å². The summed E-state index contributed by atoms with van der Waals surface area (Å²) in [5, 5.41) is 0. The normalized spacial score (nSPS) is 11.4. The monoisotopic (exact) mass is 605 g/mol. The molecule has 0 fully saturated rings. The Bertz CT molecular complexity index is 2070. The van der Waals surface area contributed by atoms with Crippen LogP contribution in [0.15, 0.2) is 146 Å². The van der Waals surface area contributed by atoms with E-state index in [4.69, 9.17) is 0 Å². The van der Waals surface area contributed by atoms with E-state index in [9.17, 15) is 0 Å². The van der Waals surface area contributed by atoms with Gasteiger partial charge in [-0.15, -0.1) is 34.0 Å². The fraction of sp³-hybridized carbons (Fsp3) is 0.0256. The molecule has 0 radical (unpaired) electrons. The molecule has 0 aliphatic rings. The molecule has 0 bridgehead atoms. The standard InChI is InChI=1S/C39H27NS3/c1-26-24-36-38(41-26)39-37(42-36)25-35(43-39)31-16-22-34(23-17-31)40(32-18-12-29(13-19-32)27-8-4-2-5-9-27)33-20-14-30(15-21-33)28-10-6-3-7-11-28/h2-25H,1H3. The zero-order valence-electron chi connectivity index (χ0n) is 23.5. The Morgan fingerprint density at radius 1 is 0.395 bits per heavy atom. The maximum absolute atomic E-state index is 2.37. The molecule has 0 saturated carbocycles. The minimum Gasteiger partial charge on any atom is -0.311 e. The molecular weight excluding hydrogens is 579 g/mol. The van der Waals surface area contributed by atoms with Gasteiger partial charge in [0.25, 0.3) is 0 Å². The maximum atomic E-state index is 2.37. The third kappa shape index (κ3) is 4.98. The lowest BCUT2D eigenvalue weighted by atomic mass is 10.0. The summed E-state index contributed by atoms with van der Waals surface area (Å²) >= 11 is 5.74. The second-order valence-electron chi connectivity index (χ2n) is 10.7. The van der Waals surface area contributed by atoms with Gasteiger partial charge >= 0.3 is 0 Å². The third-order valence-electron chi connectivity index (χ3n) is 7.82. The van der Waals surface area contributed by atoms with Crippen molar-refractivity contribution >= 4 is 69.9 Å². The first-order valence-corrected chi connectivity index (χ1v) is 16.8. The van der Waals surface area contributed by atoms with Crippen molar-refractivity contribution in [2.45, 2.75) is 6.92 Å². The van der Waals surface area contributed by atoms with E-state index in [1.165, 1.54) is 56.4 Å². The van der Waals surface area contributed by atoms with Crippen LogP contribution in [0.4, 0.5) is 17.1 Å². The van der Waals surface area contributed by atoms with Crippen molar-refractivity contribution in [3.8, 4) is 32.7 Å². The number of fused-ring (bicyclic) bond motifs is 3. The molecule has 4 heteroatoms. The SMILES string of the molecule is Cc1cc2sc3cc(-c4ccc(N(c5ccc(-c6ccccc6)cc5)c5ccc(-c6ccccc6)cc5)cc4)sc3c2s1. The molecule has 43 heavy (non-hydrogen) atoms. The number of hydrogen-bond acceptors (Lipinski definition) is 4. The average Bonchev–Trinajstić information content (AvgIpc) is 3.73. The molecule has 5 aromatic carbocycles. The van der Waals surface area contributed by atoms with Crippen LogP contribution in [0.25, 0.3) is 51.5 Å². The van der Waals surface area contributed by atoms with Crippen molar-refractivity contribution < 1.29 is 0 Å². The highest BCUT2D eigenvalue weighted by Crippen LogP contribution is 2.46. The Morgan fingerprint density at radius 2 is 0.814 bits per heavy atom. The molecule has 8 aromatic rings. The summed E-state index contributed by atoms with van der Waals surface area (Å²) in [6.45, 7) is 2.20. The predicted molar refractivity (Wildman–Crippen MR) is 191 cm³/mol. The van der Waals surface area contributed by atoms with Gasteiger partial charge in [0.15, 0.2) is 0 Å². The Kier molecular flexibility index (Phi) is 6.68. The quantitative estimate of drug-likeness (QED) is 0.182. The molecule has 3 aromatic heterocycles. The van der Waals surface area contributed by atoms with E-state index >= 15 is 0 Å². The van der Waals surface area contributed by atoms with Crippen LogP contribution in [0, 0.1) is 6.92 Å². The van der Waals surface area contributed by atoms with Gasteiger partial charge in [0.1, 0.15) is 0 Å². The summed E-state index contributed by atoms with van der Waals surface area (Å²) in [5.74, 6) is 0. The summed E-state index contributed by atoms with van der Waals surface area (Å²) in [5.41, 5.74) is 9.54. The minimum absolute atomic E-state index is 1.13. The van der Waals surface area contributed by atoms with Gasteiger partial charge in [-0.3, -0.25) is 0 Å². The molecular formula is C39H27NS3. The fourth-order valence-electron chi connectivity index (χ4n) is 5.68. The van der Waals surface area contributed by atoms with Crippen molar-refractivity contribution in [1.82, 2.24) is 0 Å². The molecule has 0 saturated heterocycles. The summed E-state index contributed by atoms with van der Waals surface area (Å²) in [7, 11) is 0. The first-order chi connectivity index (χ1) is 21.2.